The second-order valence-corrected chi connectivity index (χ2v) is 7.23. The minimum absolute atomic E-state index is 1.01. The number of hydrogen-bond acceptors (Lipinski definition) is 5. The first-order valence-corrected chi connectivity index (χ1v) is 8.63. The molecular weight excluding hydrogens is 232 g/mol. The van der Waals surface area contributed by atoms with Crippen molar-refractivity contribution in [1.82, 2.24) is 0 Å². The molecule has 0 bridgehead atoms. The maximum Gasteiger partial charge on any atom is 0.00529 e. The Balaban J connectivity index is 2.69. The van der Waals surface area contributed by atoms with Crippen LogP contribution in [0.15, 0.2) is 0 Å². The predicted octanol–water partition coefficient (Wildman–Crippen LogP) is 3.66. The van der Waals surface area contributed by atoms with Crippen molar-refractivity contribution in [2.24, 2.45) is 0 Å². The summed E-state index contributed by atoms with van der Waals surface area (Å²) in [6, 6.07) is 0. The van der Waals surface area contributed by atoms with Crippen LogP contribution < -0.4 is 0 Å². The molecule has 0 amide bonds. The lowest BCUT2D eigenvalue weighted by molar-refractivity contribution is 1.13. The molecule has 0 spiro atoms. The summed E-state index contributed by atoms with van der Waals surface area (Å²) in [6.45, 7) is 0. The van der Waals surface area contributed by atoms with Gasteiger partial charge >= 0.3 is 0 Å². The zero-order valence-corrected chi connectivity index (χ0v) is 10.6. The maximum absolute atomic E-state index is 4.14. The molecule has 0 atom stereocenters. The quantitative estimate of drug-likeness (QED) is 0.381. The third kappa shape index (κ3) is 11.8. The second kappa shape index (κ2) is 11.8. The van der Waals surface area contributed by atoms with Crippen LogP contribution in [0.2, 0.25) is 0 Å². The molecule has 0 unspecified atom stereocenters. The summed E-state index contributed by atoms with van der Waals surface area (Å²) >= 11 is 8.28. The highest BCUT2D eigenvalue weighted by Gasteiger charge is 1.90. The molecule has 0 saturated carbocycles. The van der Waals surface area contributed by atoms with Gasteiger partial charge in [-0.15, -0.1) is 0 Å². The van der Waals surface area contributed by atoms with Crippen molar-refractivity contribution in [3.63, 3.8) is 0 Å². The zero-order chi connectivity index (χ0) is 8.36. The van der Waals surface area contributed by atoms with Crippen molar-refractivity contribution < 1.29 is 0 Å². The van der Waals surface area contributed by atoms with Crippen molar-refractivity contribution in [3.05, 3.63) is 0 Å². The van der Waals surface area contributed by atoms with E-state index in [0.29, 0.717) is 0 Å². The molecule has 0 aliphatic carbocycles. The van der Waals surface area contributed by atoms with Crippen LogP contribution >= 0.6 is 56.7 Å². The minimum atomic E-state index is 1.01. The first-order valence-electron chi connectivity index (χ1n) is 3.54. The van der Waals surface area contributed by atoms with Crippen molar-refractivity contribution in [1.29, 1.82) is 0 Å². The van der Waals surface area contributed by atoms with E-state index in [1.165, 1.54) is 24.3 Å². The van der Waals surface area contributed by atoms with E-state index in [1.54, 1.807) is 0 Å². The second-order valence-electron chi connectivity index (χ2n) is 1.87. The van der Waals surface area contributed by atoms with Crippen molar-refractivity contribution in [3.8, 4) is 0 Å². The molecular formula is C6H14S5. The van der Waals surface area contributed by atoms with E-state index in [2.05, 4.69) is 25.3 Å². The Labute approximate surface area is 92.0 Å². The fraction of sp³-hybridized carbons (Fsp3) is 1.00. The van der Waals surface area contributed by atoms with Gasteiger partial charge in [0.15, 0.2) is 0 Å². The molecule has 0 aromatic heterocycles. The Morgan fingerprint density at radius 3 is 1.64 bits per heavy atom. The Morgan fingerprint density at radius 2 is 1.27 bits per heavy atom. The molecule has 0 aliphatic heterocycles. The summed E-state index contributed by atoms with van der Waals surface area (Å²) in [7, 11) is 5.77. The fourth-order valence-corrected chi connectivity index (χ4v) is 4.98. The first kappa shape index (κ1) is 12.8. The third-order valence-corrected chi connectivity index (χ3v) is 5.91. The number of hydrogen-bond donors (Lipinski definition) is 2. The molecule has 0 nitrogen and oxygen atoms in total. The molecule has 0 N–H and O–H groups in total. The summed E-state index contributed by atoms with van der Waals surface area (Å²) in [5.41, 5.74) is 0. The van der Waals surface area contributed by atoms with E-state index in [1.807, 2.05) is 31.4 Å². The standard InChI is InChI=1S/C6H14S5/c7-3-1-5-9-11-10-6-2-4-8/h7-8H,1-6H2. The SMILES string of the molecule is SCCCSSSCCCS. The summed E-state index contributed by atoms with van der Waals surface area (Å²) < 4.78 is 0. The highest BCUT2D eigenvalue weighted by molar-refractivity contribution is 9.09. The van der Waals surface area contributed by atoms with E-state index in [0.717, 1.165) is 11.5 Å². The number of thiol groups is 2. The molecule has 0 saturated heterocycles. The molecule has 0 aromatic rings. The minimum Gasteiger partial charge on any atom is -0.179 e. The Bertz CT molecular complexity index is 60.0. The van der Waals surface area contributed by atoms with Gasteiger partial charge in [0.25, 0.3) is 0 Å². The van der Waals surface area contributed by atoms with E-state index < -0.39 is 0 Å². The van der Waals surface area contributed by atoms with Crippen LogP contribution in [0, 0.1) is 0 Å². The van der Waals surface area contributed by atoms with Gasteiger partial charge in [-0.1, -0.05) is 21.6 Å². The van der Waals surface area contributed by atoms with Crippen molar-refractivity contribution in [2.45, 2.75) is 12.8 Å². The first-order chi connectivity index (χ1) is 5.41. The highest BCUT2D eigenvalue weighted by Crippen LogP contribution is 2.35. The van der Waals surface area contributed by atoms with Crippen LogP contribution in [0.1, 0.15) is 12.8 Å². The van der Waals surface area contributed by atoms with Crippen LogP contribution in [0.4, 0.5) is 0 Å². The number of rotatable bonds is 8. The molecule has 5 heteroatoms. The van der Waals surface area contributed by atoms with Crippen LogP contribution in [0.25, 0.3) is 0 Å². The van der Waals surface area contributed by atoms with Crippen LogP contribution in [0.5, 0.6) is 0 Å². The summed E-state index contributed by atoms with van der Waals surface area (Å²) in [6.07, 6.45) is 2.43. The molecule has 0 fully saturated rings. The smallest absolute Gasteiger partial charge is 0.00529 e. The van der Waals surface area contributed by atoms with Crippen LogP contribution in [0.3, 0.4) is 0 Å². The molecule has 68 valence electrons. The molecule has 0 aliphatic rings. The summed E-state index contributed by atoms with van der Waals surface area (Å²) in [5.74, 6) is 4.47. The van der Waals surface area contributed by atoms with E-state index in [4.69, 9.17) is 0 Å². The van der Waals surface area contributed by atoms with Gasteiger partial charge in [0.1, 0.15) is 0 Å². The van der Waals surface area contributed by atoms with E-state index in [9.17, 15) is 0 Å². The molecule has 11 heavy (non-hydrogen) atoms. The molecule has 0 rings (SSSR count). The van der Waals surface area contributed by atoms with Gasteiger partial charge in [-0.2, -0.15) is 25.3 Å². The van der Waals surface area contributed by atoms with Crippen LogP contribution in [-0.2, 0) is 0 Å². The predicted molar refractivity (Wildman–Crippen MR) is 69.4 cm³/mol. The van der Waals surface area contributed by atoms with Gasteiger partial charge < -0.3 is 0 Å². The lowest BCUT2D eigenvalue weighted by Crippen LogP contribution is -1.77. The normalized spacial score (nSPS) is 10.4. The average Bonchev–Trinajstić information content (AvgIpc) is 2.03. The van der Waals surface area contributed by atoms with Gasteiger partial charge in [-0.3, -0.25) is 0 Å². The van der Waals surface area contributed by atoms with Gasteiger partial charge in [0.2, 0.25) is 0 Å². The van der Waals surface area contributed by atoms with Gasteiger partial charge in [-0.25, -0.2) is 0 Å². The van der Waals surface area contributed by atoms with Gasteiger partial charge in [-0.05, 0) is 34.2 Å². The van der Waals surface area contributed by atoms with Crippen molar-refractivity contribution >= 4 is 56.7 Å². The Morgan fingerprint density at radius 1 is 0.818 bits per heavy atom. The van der Waals surface area contributed by atoms with E-state index in [-0.39, 0.29) is 0 Å². The lowest BCUT2D eigenvalue weighted by Gasteiger charge is -1.97. The topological polar surface area (TPSA) is 0 Å². The Hall–Kier alpha value is 1.75. The Kier molecular flexibility index (Phi) is 13.6. The highest BCUT2D eigenvalue weighted by atomic mass is 33.5. The summed E-state index contributed by atoms with van der Waals surface area (Å²) in [5, 5.41) is 0. The fourth-order valence-electron chi connectivity index (χ4n) is 0.349. The summed E-state index contributed by atoms with van der Waals surface area (Å²) in [4.78, 5) is 0. The van der Waals surface area contributed by atoms with Gasteiger partial charge in [0, 0.05) is 11.5 Å². The average molecular weight is 247 g/mol. The van der Waals surface area contributed by atoms with Crippen molar-refractivity contribution in [2.75, 3.05) is 23.0 Å². The molecule has 0 aromatic carbocycles. The lowest BCUT2D eigenvalue weighted by atomic mass is 10.6. The molecule has 0 radical (unpaired) electrons. The largest absolute Gasteiger partial charge is 0.179 e. The monoisotopic (exact) mass is 246 g/mol. The third-order valence-electron chi connectivity index (χ3n) is 0.868. The maximum atomic E-state index is 4.14. The van der Waals surface area contributed by atoms with E-state index >= 15 is 0 Å². The molecule has 0 heterocycles. The van der Waals surface area contributed by atoms with Gasteiger partial charge in [0.05, 0.1) is 0 Å². The van der Waals surface area contributed by atoms with Crippen LogP contribution in [-0.4, -0.2) is 23.0 Å². The zero-order valence-electron chi connectivity index (χ0n) is 6.36.